The summed E-state index contributed by atoms with van der Waals surface area (Å²) < 4.78 is 0. The highest BCUT2D eigenvalue weighted by molar-refractivity contribution is 8.14. The van der Waals surface area contributed by atoms with Crippen molar-refractivity contribution in [2.24, 2.45) is 4.99 Å². The molecule has 0 atom stereocenters. The van der Waals surface area contributed by atoms with Gasteiger partial charge in [-0.1, -0.05) is 23.4 Å². The van der Waals surface area contributed by atoms with E-state index in [9.17, 15) is 19.7 Å². The van der Waals surface area contributed by atoms with Crippen LogP contribution in [-0.2, 0) is 9.59 Å². The molecule has 1 heterocycles. The molecule has 1 aromatic rings. The van der Waals surface area contributed by atoms with Gasteiger partial charge in [-0.25, -0.2) is 0 Å². The molecule has 0 unspecified atom stereocenters. The molecule has 1 aromatic carbocycles. The van der Waals surface area contributed by atoms with Crippen LogP contribution in [0.1, 0.15) is 0 Å². The molecule has 0 aromatic heterocycles. The highest BCUT2D eigenvalue weighted by Crippen LogP contribution is 2.27. The highest BCUT2D eigenvalue weighted by Gasteiger charge is 2.19. The van der Waals surface area contributed by atoms with E-state index in [0.717, 1.165) is 11.8 Å². The third-order valence-corrected chi connectivity index (χ3v) is 3.62. The van der Waals surface area contributed by atoms with E-state index in [4.69, 9.17) is 11.6 Å². The van der Waals surface area contributed by atoms with E-state index in [1.54, 1.807) is 0 Å². The van der Waals surface area contributed by atoms with Crippen LogP contribution >= 0.6 is 23.4 Å². The average molecular weight is 329 g/mol. The van der Waals surface area contributed by atoms with E-state index in [0.29, 0.717) is 11.7 Å². The summed E-state index contributed by atoms with van der Waals surface area (Å²) in [4.78, 5) is 37.3. The largest absolute Gasteiger partial charge is 0.318 e. The number of rotatable bonds is 2. The second-order valence-electron chi connectivity index (χ2n) is 3.87. The van der Waals surface area contributed by atoms with E-state index in [2.05, 4.69) is 15.6 Å². The van der Waals surface area contributed by atoms with Gasteiger partial charge in [-0.15, -0.1) is 0 Å². The molecule has 110 valence electrons. The van der Waals surface area contributed by atoms with Gasteiger partial charge in [-0.05, 0) is 12.1 Å². The number of anilines is 1. The van der Waals surface area contributed by atoms with Crippen molar-refractivity contribution in [2.45, 2.75) is 0 Å². The standard InChI is InChI=1S/C11H9ClN4O4S/c12-7-2-1-6(5-8(7)16(19)20)14-9(17)10(18)15-11-13-3-4-21-11/h1-2,5H,3-4H2,(H,14,17)(H,13,15,18). The molecular formula is C11H9ClN4O4S. The van der Waals surface area contributed by atoms with Gasteiger partial charge >= 0.3 is 11.8 Å². The molecular weight excluding hydrogens is 320 g/mol. The first-order valence-corrected chi connectivity index (χ1v) is 7.07. The summed E-state index contributed by atoms with van der Waals surface area (Å²) in [5.74, 6) is -1.08. The number of carbonyl (C=O) groups is 2. The number of hydrogen-bond acceptors (Lipinski definition) is 6. The number of aliphatic imine (C=N–C) groups is 1. The lowest BCUT2D eigenvalue weighted by molar-refractivity contribution is -0.384. The number of hydrogen-bond donors (Lipinski definition) is 2. The number of benzene rings is 1. The smallest absolute Gasteiger partial charge is 0.315 e. The monoisotopic (exact) mass is 328 g/mol. The molecule has 0 saturated heterocycles. The quantitative estimate of drug-likeness (QED) is 0.484. The SMILES string of the molecule is O=C(NC1=NCCS1)C(=O)Nc1ccc(Cl)c([N+](=O)[O-])c1. The van der Waals surface area contributed by atoms with Crippen LogP contribution in [0.4, 0.5) is 11.4 Å². The Kier molecular flexibility index (Phi) is 4.76. The number of thioether (sulfide) groups is 1. The summed E-state index contributed by atoms with van der Waals surface area (Å²) in [6.45, 7) is 0.589. The lowest BCUT2D eigenvalue weighted by atomic mass is 10.2. The number of halogens is 1. The second-order valence-corrected chi connectivity index (χ2v) is 5.36. The number of amides is 2. The Balaban J connectivity index is 2.03. The highest BCUT2D eigenvalue weighted by atomic mass is 35.5. The lowest BCUT2D eigenvalue weighted by Crippen LogP contribution is -2.37. The predicted molar refractivity (Wildman–Crippen MR) is 79.6 cm³/mol. The topological polar surface area (TPSA) is 114 Å². The number of nitrogens with one attached hydrogen (secondary N) is 2. The summed E-state index contributed by atoms with van der Waals surface area (Å²) in [5, 5.41) is 15.7. The number of nitrogens with zero attached hydrogens (tertiary/aromatic N) is 2. The van der Waals surface area contributed by atoms with Gasteiger partial charge in [0.25, 0.3) is 5.69 Å². The third-order valence-electron chi connectivity index (χ3n) is 2.41. The minimum absolute atomic E-state index is 0.0563. The summed E-state index contributed by atoms with van der Waals surface area (Å²) in [6.07, 6.45) is 0. The first kappa shape index (κ1) is 15.3. The number of carbonyl (C=O) groups excluding carboxylic acids is 2. The number of amidine groups is 1. The zero-order valence-corrected chi connectivity index (χ0v) is 12.0. The van der Waals surface area contributed by atoms with Gasteiger partial charge in [0.1, 0.15) is 5.02 Å². The predicted octanol–water partition coefficient (Wildman–Crippen LogP) is 1.41. The zero-order chi connectivity index (χ0) is 15.4. The van der Waals surface area contributed by atoms with Crippen LogP contribution in [0.5, 0.6) is 0 Å². The first-order chi connectivity index (χ1) is 9.97. The van der Waals surface area contributed by atoms with E-state index in [1.807, 2.05) is 0 Å². The fourth-order valence-corrected chi connectivity index (χ4v) is 2.39. The number of nitro groups is 1. The summed E-state index contributed by atoms with van der Waals surface area (Å²) in [5.41, 5.74) is -0.252. The van der Waals surface area contributed by atoms with E-state index in [1.165, 1.54) is 23.9 Å². The van der Waals surface area contributed by atoms with Gasteiger partial charge in [0.15, 0.2) is 5.17 Å². The van der Waals surface area contributed by atoms with Crippen molar-refractivity contribution < 1.29 is 14.5 Å². The van der Waals surface area contributed by atoms with Crippen molar-refractivity contribution in [1.29, 1.82) is 0 Å². The Morgan fingerprint density at radius 1 is 1.33 bits per heavy atom. The van der Waals surface area contributed by atoms with Crippen LogP contribution in [0, 0.1) is 10.1 Å². The molecule has 0 bridgehead atoms. The molecule has 2 N–H and O–H groups in total. The van der Waals surface area contributed by atoms with Gasteiger partial charge in [0.05, 0.1) is 11.5 Å². The van der Waals surface area contributed by atoms with E-state index < -0.39 is 16.7 Å². The molecule has 1 aliphatic rings. The van der Waals surface area contributed by atoms with Crippen LogP contribution in [0.25, 0.3) is 0 Å². The molecule has 0 fully saturated rings. The summed E-state index contributed by atoms with van der Waals surface area (Å²) >= 11 is 6.99. The third kappa shape index (κ3) is 3.92. The van der Waals surface area contributed by atoms with Crippen LogP contribution in [0.15, 0.2) is 23.2 Å². The molecule has 0 saturated carbocycles. The van der Waals surface area contributed by atoms with Crippen molar-refractivity contribution in [1.82, 2.24) is 5.32 Å². The Labute approximate surface area is 128 Å². The maximum absolute atomic E-state index is 11.7. The fraction of sp³-hybridized carbons (Fsp3) is 0.182. The summed E-state index contributed by atoms with van der Waals surface area (Å²) in [7, 11) is 0. The Morgan fingerprint density at radius 3 is 2.67 bits per heavy atom. The molecule has 2 rings (SSSR count). The molecule has 2 amide bonds. The maximum Gasteiger partial charge on any atom is 0.315 e. The van der Waals surface area contributed by atoms with Crippen molar-refractivity contribution in [3.8, 4) is 0 Å². The van der Waals surface area contributed by atoms with Crippen molar-refractivity contribution >= 4 is 51.7 Å². The Bertz CT molecular complexity index is 649. The van der Waals surface area contributed by atoms with Crippen LogP contribution in [0.2, 0.25) is 5.02 Å². The van der Waals surface area contributed by atoms with Gasteiger partial charge in [0.2, 0.25) is 0 Å². The molecule has 0 aliphatic carbocycles. The van der Waals surface area contributed by atoms with Crippen LogP contribution in [0.3, 0.4) is 0 Å². The minimum atomic E-state index is -0.943. The van der Waals surface area contributed by atoms with Crippen LogP contribution < -0.4 is 10.6 Å². The van der Waals surface area contributed by atoms with Gasteiger partial charge < -0.3 is 5.32 Å². The molecule has 1 aliphatic heterocycles. The lowest BCUT2D eigenvalue weighted by Gasteiger charge is -2.06. The molecule has 8 nitrogen and oxygen atoms in total. The van der Waals surface area contributed by atoms with Crippen LogP contribution in [-0.4, -0.2) is 34.2 Å². The molecule has 0 radical (unpaired) electrons. The van der Waals surface area contributed by atoms with Gasteiger partial charge in [-0.3, -0.25) is 30.0 Å². The Morgan fingerprint density at radius 2 is 2.05 bits per heavy atom. The van der Waals surface area contributed by atoms with Crippen molar-refractivity contribution in [3.05, 3.63) is 33.3 Å². The summed E-state index contributed by atoms with van der Waals surface area (Å²) in [6, 6.07) is 3.71. The maximum atomic E-state index is 11.7. The average Bonchev–Trinajstić information content (AvgIpc) is 2.93. The van der Waals surface area contributed by atoms with Crippen molar-refractivity contribution in [2.75, 3.05) is 17.6 Å². The molecule has 0 spiro atoms. The van der Waals surface area contributed by atoms with Gasteiger partial charge in [-0.2, -0.15) is 0 Å². The van der Waals surface area contributed by atoms with E-state index in [-0.39, 0.29) is 16.4 Å². The minimum Gasteiger partial charge on any atom is -0.318 e. The number of nitro benzene ring substituents is 1. The first-order valence-electron chi connectivity index (χ1n) is 5.71. The van der Waals surface area contributed by atoms with E-state index >= 15 is 0 Å². The van der Waals surface area contributed by atoms with Crippen molar-refractivity contribution in [3.63, 3.8) is 0 Å². The molecule has 10 heteroatoms. The molecule has 21 heavy (non-hydrogen) atoms. The second kappa shape index (κ2) is 6.55. The Hall–Kier alpha value is -2.13. The zero-order valence-electron chi connectivity index (χ0n) is 10.5. The normalized spacial score (nSPS) is 13.5. The van der Waals surface area contributed by atoms with Gasteiger partial charge in [0, 0.05) is 17.5 Å². The fourth-order valence-electron chi connectivity index (χ4n) is 1.48.